The Kier molecular flexibility index (Phi) is 3.44. The molecule has 1 aromatic heterocycles. The summed E-state index contributed by atoms with van der Waals surface area (Å²) in [6.45, 7) is 3.90. The highest BCUT2D eigenvalue weighted by Crippen LogP contribution is 2.20. The lowest BCUT2D eigenvalue weighted by molar-refractivity contribution is 1.03. The van der Waals surface area contributed by atoms with Crippen molar-refractivity contribution in [1.82, 2.24) is 9.97 Å². The van der Waals surface area contributed by atoms with Crippen LogP contribution >= 0.6 is 12.2 Å². The summed E-state index contributed by atoms with van der Waals surface area (Å²) in [5, 5.41) is 0. The average Bonchev–Trinajstić information content (AvgIpc) is 2.30. The van der Waals surface area contributed by atoms with Crippen molar-refractivity contribution in [3.63, 3.8) is 0 Å². The minimum Gasteiger partial charge on any atom is -0.276 e. The topological polar surface area (TPSA) is 29.0 Å². The van der Waals surface area contributed by atoms with E-state index in [-0.39, 0.29) is 0 Å². The van der Waals surface area contributed by atoms with Crippen molar-refractivity contribution in [3.8, 4) is 0 Å². The third kappa shape index (κ3) is 2.65. The number of aryl methyl sites for hydroxylation is 2. The highest BCUT2D eigenvalue weighted by atomic mass is 32.1. The molecule has 0 aliphatic carbocycles. The van der Waals surface area contributed by atoms with Crippen LogP contribution < -0.4 is 4.90 Å². The van der Waals surface area contributed by atoms with E-state index in [4.69, 9.17) is 12.2 Å². The molecule has 1 aromatic carbocycles. The molecule has 2 aromatic rings. The van der Waals surface area contributed by atoms with Gasteiger partial charge in [-0.1, -0.05) is 30.4 Å². The van der Waals surface area contributed by atoms with Crippen LogP contribution in [0.4, 0.5) is 11.6 Å². The number of hydrogen-bond donors (Lipinski definition) is 0. The molecule has 0 saturated carbocycles. The first kappa shape index (κ1) is 11.7. The van der Waals surface area contributed by atoms with Gasteiger partial charge < -0.3 is 0 Å². The second kappa shape index (κ2) is 5.01. The normalized spacial score (nSPS) is 10.0. The molecule has 3 nitrogen and oxygen atoms in total. The zero-order valence-corrected chi connectivity index (χ0v) is 10.6. The molecular weight excluding hydrogens is 230 g/mol. The fraction of sp³-hybridized carbons (Fsp3) is 0.154. The van der Waals surface area contributed by atoms with Gasteiger partial charge in [-0.15, -0.1) is 0 Å². The smallest absolute Gasteiger partial charge is 0.235 e. The summed E-state index contributed by atoms with van der Waals surface area (Å²) in [7, 11) is 0. The van der Waals surface area contributed by atoms with Gasteiger partial charge in [0.05, 0.1) is 5.49 Å². The molecule has 0 atom stereocenters. The van der Waals surface area contributed by atoms with Gasteiger partial charge in [0.25, 0.3) is 0 Å². The van der Waals surface area contributed by atoms with Crippen LogP contribution in [0.5, 0.6) is 0 Å². The van der Waals surface area contributed by atoms with E-state index in [1.807, 2.05) is 50.2 Å². The van der Waals surface area contributed by atoms with Crippen molar-refractivity contribution in [2.24, 2.45) is 0 Å². The summed E-state index contributed by atoms with van der Waals surface area (Å²) in [6, 6.07) is 11.8. The highest BCUT2D eigenvalue weighted by molar-refractivity contribution is 7.79. The Morgan fingerprint density at radius 3 is 2.18 bits per heavy atom. The van der Waals surface area contributed by atoms with Crippen molar-refractivity contribution < 1.29 is 0 Å². The number of anilines is 2. The summed E-state index contributed by atoms with van der Waals surface area (Å²) in [6.07, 6.45) is 0. The molecule has 0 amide bonds. The lowest BCUT2D eigenvalue weighted by atomic mass is 10.3. The molecule has 2 rings (SSSR count). The SMILES string of the molecule is Cc1cc(C)nc(N(C=S)c2ccccc2)n1. The molecule has 0 fully saturated rings. The number of para-hydroxylation sites is 1. The second-order valence-electron chi connectivity index (χ2n) is 3.76. The van der Waals surface area contributed by atoms with Crippen LogP contribution in [0.1, 0.15) is 11.4 Å². The maximum atomic E-state index is 5.04. The monoisotopic (exact) mass is 243 g/mol. The molecule has 86 valence electrons. The molecule has 17 heavy (non-hydrogen) atoms. The summed E-state index contributed by atoms with van der Waals surface area (Å²) >= 11 is 5.04. The van der Waals surface area contributed by atoms with E-state index >= 15 is 0 Å². The Morgan fingerprint density at radius 2 is 1.65 bits per heavy atom. The lowest BCUT2D eigenvalue weighted by Gasteiger charge is -2.17. The van der Waals surface area contributed by atoms with Crippen molar-refractivity contribution in [2.75, 3.05) is 4.90 Å². The molecule has 0 spiro atoms. The molecule has 0 aliphatic rings. The van der Waals surface area contributed by atoms with Gasteiger partial charge in [-0.25, -0.2) is 9.97 Å². The van der Waals surface area contributed by atoms with Gasteiger partial charge in [0.2, 0.25) is 5.95 Å². The van der Waals surface area contributed by atoms with E-state index in [0.717, 1.165) is 17.1 Å². The number of aromatic nitrogens is 2. The van der Waals surface area contributed by atoms with Crippen LogP contribution in [0.15, 0.2) is 36.4 Å². The molecule has 0 radical (unpaired) electrons. The molecule has 0 bridgehead atoms. The molecule has 4 heteroatoms. The quantitative estimate of drug-likeness (QED) is 0.774. The fourth-order valence-corrected chi connectivity index (χ4v) is 1.84. The number of nitrogens with zero attached hydrogens (tertiary/aromatic N) is 3. The number of thiocarbonyl (C=S) groups is 1. The first-order valence-electron chi connectivity index (χ1n) is 5.32. The second-order valence-corrected chi connectivity index (χ2v) is 3.97. The zero-order valence-electron chi connectivity index (χ0n) is 9.79. The third-order valence-electron chi connectivity index (χ3n) is 2.33. The minimum absolute atomic E-state index is 0.615. The Bertz CT molecular complexity index is 505. The van der Waals surface area contributed by atoms with Crippen LogP contribution in [-0.4, -0.2) is 15.5 Å². The molecule has 0 N–H and O–H groups in total. The predicted molar refractivity (Wildman–Crippen MR) is 73.7 cm³/mol. The standard InChI is InChI=1S/C13H13N3S/c1-10-8-11(2)15-13(14-10)16(9-17)12-6-4-3-5-7-12/h3-9H,1-2H3. The van der Waals surface area contributed by atoms with E-state index in [2.05, 4.69) is 9.97 Å². The summed E-state index contributed by atoms with van der Waals surface area (Å²) in [4.78, 5) is 10.6. The molecule has 0 aliphatic heterocycles. The van der Waals surface area contributed by atoms with Crippen molar-refractivity contribution in [3.05, 3.63) is 47.8 Å². The van der Waals surface area contributed by atoms with Gasteiger partial charge >= 0.3 is 0 Å². The maximum absolute atomic E-state index is 5.04. The zero-order chi connectivity index (χ0) is 12.3. The summed E-state index contributed by atoms with van der Waals surface area (Å²) < 4.78 is 0. The van der Waals surface area contributed by atoms with E-state index in [9.17, 15) is 0 Å². The van der Waals surface area contributed by atoms with Crippen molar-refractivity contribution >= 4 is 29.3 Å². The Balaban J connectivity index is 2.46. The van der Waals surface area contributed by atoms with Gasteiger partial charge in [-0.05, 0) is 32.0 Å². The fourth-order valence-electron chi connectivity index (χ4n) is 1.63. The Morgan fingerprint density at radius 1 is 1.06 bits per heavy atom. The van der Waals surface area contributed by atoms with Crippen LogP contribution in [-0.2, 0) is 0 Å². The van der Waals surface area contributed by atoms with Crippen molar-refractivity contribution in [1.29, 1.82) is 0 Å². The Labute approximate surface area is 106 Å². The van der Waals surface area contributed by atoms with Crippen LogP contribution in [0, 0.1) is 13.8 Å². The maximum Gasteiger partial charge on any atom is 0.235 e. The lowest BCUT2D eigenvalue weighted by Crippen LogP contribution is -2.16. The van der Waals surface area contributed by atoms with Gasteiger partial charge in [0, 0.05) is 17.1 Å². The number of rotatable bonds is 3. The molecule has 0 unspecified atom stereocenters. The van der Waals surface area contributed by atoms with Crippen LogP contribution in [0.25, 0.3) is 0 Å². The molecule has 1 heterocycles. The first-order chi connectivity index (χ1) is 8.20. The largest absolute Gasteiger partial charge is 0.276 e. The predicted octanol–water partition coefficient (Wildman–Crippen LogP) is 3.19. The molecule has 0 saturated heterocycles. The third-order valence-corrected chi connectivity index (χ3v) is 2.54. The van der Waals surface area contributed by atoms with Gasteiger partial charge in [0.15, 0.2) is 0 Å². The van der Waals surface area contributed by atoms with Gasteiger partial charge in [-0.3, -0.25) is 4.90 Å². The van der Waals surface area contributed by atoms with Gasteiger partial charge in [0.1, 0.15) is 0 Å². The van der Waals surface area contributed by atoms with Crippen LogP contribution in [0.2, 0.25) is 0 Å². The van der Waals surface area contributed by atoms with E-state index in [0.29, 0.717) is 5.95 Å². The van der Waals surface area contributed by atoms with E-state index < -0.39 is 0 Å². The first-order valence-corrected chi connectivity index (χ1v) is 5.79. The van der Waals surface area contributed by atoms with E-state index in [1.165, 1.54) is 0 Å². The molecular formula is C13H13N3S. The number of hydrogen-bond acceptors (Lipinski definition) is 3. The highest BCUT2D eigenvalue weighted by Gasteiger charge is 2.09. The van der Waals surface area contributed by atoms with Crippen LogP contribution in [0.3, 0.4) is 0 Å². The average molecular weight is 243 g/mol. The summed E-state index contributed by atoms with van der Waals surface area (Å²) in [5.41, 5.74) is 4.40. The van der Waals surface area contributed by atoms with E-state index in [1.54, 1.807) is 10.4 Å². The summed E-state index contributed by atoms with van der Waals surface area (Å²) in [5.74, 6) is 0.615. The Hall–Kier alpha value is -1.81. The van der Waals surface area contributed by atoms with Gasteiger partial charge in [-0.2, -0.15) is 0 Å². The number of benzene rings is 1. The minimum atomic E-state index is 0.615. The van der Waals surface area contributed by atoms with Crippen molar-refractivity contribution in [2.45, 2.75) is 13.8 Å².